The van der Waals surface area contributed by atoms with E-state index in [1.807, 2.05) is 0 Å². The van der Waals surface area contributed by atoms with Gasteiger partial charge in [0.2, 0.25) is 0 Å². The van der Waals surface area contributed by atoms with Gasteiger partial charge in [0.15, 0.2) is 0 Å². The van der Waals surface area contributed by atoms with Crippen LogP contribution in [-0.2, 0) is 0 Å². The first-order chi connectivity index (χ1) is 5.92. The molecule has 0 atom stereocenters. The van der Waals surface area contributed by atoms with Gasteiger partial charge in [0, 0.05) is 4.75 Å². The summed E-state index contributed by atoms with van der Waals surface area (Å²) in [5, 5.41) is 3.46. The zero-order chi connectivity index (χ0) is 10.3. The number of rotatable bonds is 6. The van der Waals surface area contributed by atoms with E-state index in [0.717, 1.165) is 12.5 Å². The first-order valence-corrected chi connectivity index (χ1v) is 6.25. The van der Waals surface area contributed by atoms with E-state index >= 15 is 0 Å². The summed E-state index contributed by atoms with van der Waals surface area (Å²) in [6, 6.07) is 0. The molecular formula is C11H25NS. The van der Waals surface area contributed by atoms with Crippen LogP contribution >= 0.6 is 11.8 Å². The number of nitrogens with one attached hydrogen (secondary N) is 1. The SMILES string of the molecule is CC(C)CNCCCSC(C)(C)C. The molecule has 80 valence electrons. The van der Waals surface area contributed by atoms with Gasteiger partial charge in [-0.3, -0.25) is 0 Å². The van der Waals surface area contributed by atoms with Crippen molar-refractivity contribution in [2.45, 2.75) is 45.8 Å². The lowest BCUT2D eigenvalue weighted by Crippen LogP contribution is -2.21. The van der Waals surface area contributed by atoms with E-state index in [0.29, 0.717) is 4.75 Å². The van der Waals surface area contributed by atoms with Crippen LogP contribution in [0.2, 0.25) is 0 Å². The molecule has 0 aliphatic rings. The van der Waals surface area contributed by atoms with Gasteiger partial charge in [0.05, 0.1) is 0 Å². The van der Waals surface area contributed by atoms with E-state index in [-0.39, 0.29) is 0 Å². The Balaban J connectivity index is 3.09. The summed E-state index contributed by atoms with van der Waals surface area (Å²) in [4.78, 5) is 0. The molecule has 0 amide bonds. The molecule has 2 heteroatoms. The van der Waals surface area contributed by atoms with Crippen LogP contribution in [0.4, 0.5) is 0 Å². The molecule has 0 radical (unpaired) electrons. The molecule has 13 heavy (non-hydrogen) atoms. The molecule has 0 unspecified atom stereocenters. The summed E-state index contributed by atoms with van der Waals surface area (Å²) in [5.41, 5.74) is 0. The van der Waals surface area contributed by atoms with Gasteiger partial charge < -0.3 is 5.32 Å². The molecule has 0 aliphatic heterocycles. The van der Waals surface area contributed by atoms with E-state index in [2.05, 4.69) is 51.7 Å². The maximum absolute atomic E-state index is 3.46. The Morgan fingerprint density at radius 3 is 2.31 bits per heavy atom. The Kier molecular flexibility index (Phi) is 6.88. The summed E-state index contributed by atoms with van der Waals surface area (Å²) in [5.74, 6) is 2.05. The third-order valence-electron chi connectivity index (χ3n) is 1.59. The fourth-order valence-electron chi connectivity index (χ4n) is 0.966. The van der Waals surface area contributed by atoms with Crippen LogP contribution < -0.4 is 5.32 Å². The quantitative estimate of drug-likeness (QED) is 0.666. The molecule has 0 fully saturated rings. The molecule has 0 aliphatic carbocycles. The van der Waals surface area contributed by atoms with Crippen molar-refractivity contribution in [3.05, 3.63) is 0 Å². The number of hydrogen-bond acceptors (Lipinski definition) is 2. The lowest BCUT2D eigenvalue weighted by atomic mass is 10.2. The van der Waals surface area contributed by atoms with Crippen LogP contribution in [0.15, 0.2) is 0 Å². The topological polar surface area (TPSA) is 12.0 Å². The summed E-state index contributed by atoms with van der Waals surface area (Å²) in [6.07, 6.45) is 1.29. The minimum absolute atomic E-state index is 0.429. The predicted molar refractivity (Wildman–Crippen MR) is 64.5 cm³/mol. The number of thioether (sulfide) groups is 1. The van der Waals surface area contributed by atoms with Gasteiger partial charge in [0.25, 0.3) is 0 Å². The fraction of sp³-hybridized carbons (Fsp3) is 1.00. The molecule has 0 heterocycles. The Hall–Kier alpha value is 0.310. The highest BCUT2D eigenvalue weighted by Crippen LogP contribution is 2.23. The van der Waals surface area contributed by atoms with Crippen molar-refractivity contribution < 1.29 is 0 Å². The largest absolute Gasteiger partial charge is 0.316 e. The van der Waals surface area contributed by atoms with Crippen LogP contribution in [0.1, 0.15) is 41.0 Å². The van der Waals surface area contributed by atoms with Gasteiger partial charge in [-0.1, -0.05) is 34.6 Å². The molecule has 1 nitrogen and oxygen atoms in total. The molecule has 0 rings (SSSR count). The average molecular weight is 203 g/mol. The lowest BCUT2D eigenvalue weighted by Gasteiger charge is -2.17. The highest BCUT2D eigenvalue weighted by Gasteiger charge is 2.08. The van der Waals surface area contributed by atoms with E-state index < -0.39 is 0 Å². The van der Waals surface area contributed by atoms with Crippen molar-refractivity contribution in [2.24, 2.45) is 5.92 Å². The lowest BCUT2D eigenvalue weighted by molar-refractivity contribution is 0.551. The molecule has 0 bridgehead atoms. The Morgan fingerprint density at radius 1 is 1.23 bits per heavy atom. The molecule has 0 aromatic carbocycles. The van der Waals surface area contributed by atoms with Gasteiger partial charge in [-0.15, -0.1) is 0 Å². The fourth-order valence-corrected chi connectivity index (χ4v) is 1.87. The van der Waals surface area contributed by atoms with Gasteiger partial charge in [-0.2, -0.15) is 11.8 Å². The van der Waals surface area contributed by atoms with Gasteiger partial charge in [-0.25, -0.2) is 0 Å². The van der Waals surface area contributed by atoms with Crippen LogP contribution in [0.25, 0.3) is 0 Å². The second-order valence-electron chi connectivity index (χ2n) is 4.91. The summed E-state index contributed by atoms with van der Waals surface area (Å²) < 4.78 is 0.429. The normalized spacial score (nSPS) is 12.5. The Bertz CT molecular complexity index is 116. The first-order valence-electron chi connectivity index (χ1n) is 5.26. The van der Waals surface area contributed by atoms with Gasteiger partial charge >= 0.3 is 0 Å². The first kappa shape index (κ1) is 13.3. The summed E-state index contributed by atoms with van der Waals surface area (Å²) >= 11 is 2.05. The van der Waals surface area contributed by atoms with E-state index in [1.54, 1.807) is 0 Å². The van der Waals surface area contributed by atoms with Crippen molar-refractivity contribution in [1.82, 2.24) is 5.32 Å². The van der Waals surface area contributed by atoms with Crippen LogP contribution in [0, 0.1) is 5.92 Å². The standard InChI is InChI=1S/C11H25NS/c1-10(2)9-12-7-6-8-13-11(3,4)5/h10,12H,6-9H2,1-5H3. The third-order valence-corrected chi connectivity index (χ3v) is 2.94. The van der Waals surface area contributed by atoms with Crippen molar-refractivity contribution in [3.8, 4) is 0 Å². The number of hydrogen-bond donors (Lipinski definition) is 1. The van der Waals surface area contributed by atoms with Crippen LogP contribution in [-0.4, -0.2) is 23.6 Å². The van der Waals surface area contributed by atoms with Crippen molar-refractivity contribution >= 4 is 11.8 Å². The van der Waals surface area contributed by atoms with Gasteiger partial charge in [0.1, 0.15) is 0 Å². The highest BCUT2D eigenvalue weighted by molar-refractivity contribution is 8.00. The molecule has 0 aromatic rings. The third kappa shape index (κ3) is 12.3. The molecule has 0 saturated carbocycles. The van der Waals surface area contributed by atoms with Crippen molar-refractivity contribution in [3.63, 3.8) is 0 Å². The maximum Gasteiger partial charge on any atom is 0.00751 e. The smallest absolute Gasteiger partial charge is 0.00751 e. The molecule has 0 saturated heterocycles. The van der Waals surface area contributed by atoms with E-state index in [4.69, 9.17) is 0 Å². The minimum Gasteiger partial charge on any atom is -0.316 e. The second kappa shape index (κ2) is 6.72. The zero-order valence-corrected chi connectivity index (χ0v) is 10.6. The molecule has 0 aromatic heterocycles. The van der Waals surface area contributed by atoms with Crippen LogP contribution in [0.5, 0.6) is 0 Å². The monoisotopic (exact) mass is 203 g/mol. The predicted octanol–water partition coefficient (Wildman–Crippen LogP) is 3.15. The minimum atomic E-state index is 0.429. The van der Waals surface area contributed by atoms with E-state index in [1.165, 1.54) is 18.7 Å². The Labute approximate surface area is 88.1 Å². The maximum atomic E-state index is 3.46. The average Bonchev–Trinajstić information content (AvgIpc) is 1.93. The van der Waals surface area contributed by atoms with Crippen LogP contribution in [0.3, 0.4) is 0 Å². The molecule has 0 spiro atoms. The van der Waals surface area contributed by atoms with Gasteiger partial charge in [-0.05, 0) is 31.2 Å². The molecular weight excluding hydrogens is 178 g/mol. The van der Waals surface area contributed by atoms with Crippen molar-refractivity contribution in [2.75, 3.05) is 18.8 Å². The van der Waals surface area contributed by atoms with Crippen molar-refractivity contribution in [1.29, 1.82) is 0 Å². The molecule has 1 N–H and O–H groups in total. The second-order valence-corrected chi connectivity index (χ2v) is 6.83. The van der Waals surface area contributed by atoms with E-state index in [9.17, 15) is 0 Å². The zero-order valence-electron chi connectivity index (χ0n) is 9.81. The Morgan fingerprint density at radius 2 is 1.85 bits per heavy atom. The highest BCUT2D eigenvalue weighted by atomic mass is 32.2. The summed E-state index contributed by atoms with van der Waals surface area (Å²) in [7, 11) is 0. The summed E-state index contributed by atoms with van der Waals surface area (Å²) in [6.45, 7) is 13.6.